The molecule has 1 heterocycles. The molecule has 3 aromatic rings. The molecule has 0 spiro atoms. The maximum absolute atomic E-state index is 14.6. The highest BCUT2D eigenvalue weighted by Crippen LogP contribution is 2.30. The van der Waals surface area contributed by atoms with Crippen LogP contribution in [0.15, 0.2) is 48.0 Å². The zero-order chi connectivity index (χ0) is 25.7. The molecule has 0 saturated heterocycles. The molecular weight excluding hydrogens is 480 g/mol. The third kappa shape index (κ3) is 5.98. The van der Waals surface area contributed by atoms with Crippen molar-refractivity contribution in [3.05, 3.63) is 70.6 Å². The number of carbonyl (C=O) groups excluding carboxylic acids is 2. The van der Waals surface area contributed by atoms with E-state index in [1.165, 1.54) is 33.3 Å². The number of thiazole rings is 1. The van der Waals surface area contributed by atoms with E-state index < -0.39 is 17.5 Å². The molecule has 0 fully saturated rings. The van der Waals surface area contributed by atoms with Gasteiger partial charge in [0.1, 0.15) is 28.1 Å². The van der Waals surface area contributed by atoms with Gasteiger partial charge in [-0.15, -0.1) is 0 Å². The minimum atomic E-state index is -0.988. The molecule has 3 rings (SSSR count). The zero-order valence-corrected chi connectivity index (χ0v) is 19.8. The summed E-state index contributed by atoms with van der Waals surface area (Å²) in [5.74, 6) is -2.50. The van der Waals surface area contributed by atoms with E-state index in [1.807, 2.05) is 0 Å². The van der Waals surface area contributed by atoms with Crippen LogP contribution in [0, 0.1) is 11.6 Å². The maximum Gasteiger partial charge on any atom is 0.255 e. The summed E-state index contributed by atoms with van der Waals surface area (Å²) in [5, 5.41) is 5.12. The summed E-state index contributed by atoms with van der Waals surface area (Å²) in [6.07, 6.45) is 0. The van der Waals surface area contributed by atoms with E-state index in [2.05, 4.69) is 27.2 Å². The summed E-state index contributed by atoms with van der Waals surface area (Å²) in [6, 6.07) is 7.92. The number of nitrogens with two attached hydrogens (primary N) is 1. The first-order valence-electron chi connectivity index (χ1n) is 9.93. The number of amides is 2. The Kier molecular flexibility index (Phi) is 7.76. The SMILES string of the molecule is C=C(N=C(OC)c1sc(NC(C)=O)nc1N)c1cc(NC(=O)c2cccc(OC)c2)c(F)cc1F. The van der Waals surface area contributed by atoms with Crippen molar-refractivity contribution in [2.24, 2.45) is 4.99 Å². The summed E-state index contributed by atoms with van der Waals surface area (Å²) < 4.78 is 39.4. The normalized spacial score (nSPS) is 11.1. The van der Waals surface area contributed by atoms with Gasteiger partial charge < -0.3 is 25.8 Å². The first kappa shape index (κ1) is 25.3. The molecule has 2 amide bonds. The lowest BCUT2D eigenvalue weighted by atomic mass is 10.1. The smallest absolute Gasteiger partial charge is 0.255 e. The Labute approximate surface area is 203 Å². The van der Waals surface area contributed by atoms with Crippen LogP contribution in [0.4, 0.5) is 25.4 Å². The Morgan fingerprint density at radius 2 is 1.89 bits per heavy atom. The number of anilines is 3. The molecule has 0 atom stereocenters. The average Bonchev–Trinajstić information content (AvgIpc) is 3.17. The summed E-state index contributed by atoms with van der Waals surface area (Å²) in [4.78, 5) is 32.3. The predicted octanol–water partition coefficient (Wildman–Crippen LogP) is 4.29. The number of hydrogen-bond acceptors (Lipinski definition) is 8. The Hall–Kier alpha value is -4.32. The minimum Gasteiger partial charge on any atom is -0.497 e. The van der Waals surface area contributed by atoms with Crippen LogP contribution < -0.4 is 21.1 Å². The number of nitrogens with one attached hydrogen (secondary N) is 2. The Balaban J connectivity index is 1.91. The van der Waals surface area contributed by atoms with Crippen molar-refractivity contribution in [3.8, 4) is 5.75 Å². The summed E-state index contributed by atoms with van der Waals surface area (Å²) in [6.45, 7) is 5.04. The molecular formula is C23H21F2N5O4S. The summed E-state index contributed by atoms with van der Waals surface area (Å²) in [7, 11) is 2.76. The quantitative estimate of drug-likeness (QED) is 0.327. The lowest BCUT2D eigenvalue weighted by Gasteiger charge is -2.11. The average molecular weight is 502 g/mol. The van der Waals surface area contributed by atoms with Crippen LogP contribution in [0.3, 0.4) is 0 Å². The summed E-state index contributed by atoms with van der Waals surface area (Å²) in [5.41, 5.74) is 5.50. The van der Waals surface area contributed by atoms with Gasteiger partial charge >= 0.3 is 0 Å². The fourth-order valence-corrected chi connectivity index (χ4v) is 3.78. The van der Waals surface area contributed by atoms with Crippen LogP contribution in [0.2, 0.25) is 0 Å². The second kappa shape index (κ2) is 10.7. The molecule has 2 aromatic carbocycles. The summed E-state index contributed by atoms with van der Waals surface area (Å²) >= 11 is 0.991. The fraction of sp³-hybridized carbons (Fsp3) is 0.130. The second-order valence-corrected chi connectivity index (χ2v) is 7.98. The highest BCUT2D eigenvalue weighted by atomic mass is 32.1. The molecule has 9 nitrogen and oxygen atoms in total. The standard InChI is InChI=1S/C23H21F2N5O4S/c1-11(27-22(34-4)19-20(26)30-23(35-19)28-12(2)31)15-9-18(17(25)10-16(15)24)29-21(32)13-6-5-7-14(8-13)33-3/h5-10H,1,26H2,2-4H3,(H,29,32)(H,28,30,31). The van der Waals surface area contributed by atoms with Crippen LogP contribution >= 0.6 is 11.3 Å². The number of aromatic nitrogens is 1. The van der Waals surface area contributed by atoms with Crippen LogP contribution in [0.1, 0.15) is 27.7 Å². The molecule has 4 N–H and O–H groups in total. The van der Waals surface area contributed by atoms with E-state index in [1.54, 1.807) is 12.1 Å². The monoisotopic (exact) mass is 501 g/mol. The molecule has 0 bridgehead atoms. The number of nitrogen functional groups attached to an aromatic ring is 1. The highest BCUT2D eigenvalue weighted by Gasteiger charge is 2.19. The third-order valence-electron chi connectivity index (χ3n) is 4.51. The molecule has 0 aliphatic rings. The number of carbonyl (C=O) groups is 2. The predicted molar refractivity (Wildman–Crippen MR) is 131 cm³/mol. The van der Waals surface area contributed by atoms with E-state index >= 15 is 0 Å². The molecule has 0 radical (unpaired) electrons. The van der Waals surface area contributed by atoms with Crippen molar-refractivity contribution >= 4 is 51.4 Å². The fourth-order valence-electron chi connectivity index (χ4n) is 2.89. The molecule has 0 aliphatic carbocycles. The van der Waals surface area contributed by atoms with Gasteiger partial charge in [0.25, 0.3) is 5.91 Å². The third-order valence-corrected chi connectivity index (χ3v) is 5.48. The lowest BCUT2D eigenvalue weighted by molar-refractivity contribution is -0.114. The van der Waals surface area contributed by atoms with Gasteiger partial charge in [-0.2, -0.15) is 0 Å². The maximum atomic E-state index is 14.6. The molecule has 12 heteroatoms. The van der Waals surface area contributed by atoms with Gasteiger partial charge in [-0.05, 0) is 24.3 Å². The van der Waals surface area contributed by atoms with E-state index in [9.17, 15) is 18.4 Å². The number of methoxy groups -OCH3 is 2. The first-order valence-corrected chi connectivity index (χ1v) is 10.7. The van der Waals surface area contributed by atoms with Gasteiger partial charge in [-0.1, -0.05) is 24.0 Å². The minimum absolute atomic E-state index is 0.0259. The number of rotatable bonds is 7. The van der Waals surface area contributed by atoms with E-state index in [4.69, 9.17) is 15.2 Å². The molecule has 0 saturated carbocycles. The largest absolute Gasteiger partial charge is 0.497 e. The van der Waals surface area contributed by atoms with Gasteiger partial charge in [0.05, 0.1) is 25.6 Å². The number of halogens is 2. The lowest BCUT2D eigenvalue weighted by Crippen LogP contribution is -2.13. The van der Waals surface area contributed by atoms with Crippen molar-refractivity contribution in [1.82, 2.24) is 4.98 Å². The van der Waals surface area contributed by atoms with Crippen molar-refractivity contribution in [2.75, 3.05) is 30.6 Å². The zero-order valence-electron chi connectivity index (χ0n) is 18.9. The first-order chi connectivity index (χ1) is 16.6. The van der Waals surface area contributed by atoms with E-state index in [-0.39, 0.29) is 50.1 Å². The van der Waals surface area contributed by atoms with E-state index in [0.29, 0.717) is 11.8 Å². The van der Waals surface area contributed by atoms with Gasteiger partial charge in [-0.3, -0.25) is 9.59 Å². The van der Waals surface area contributed by atoms with Gasteiger partial charge in [0.15, 0.2) is 5.13 Å². The Morgan fingerprint density at radius 1 is 1.14 bits per heavy atom. The number of aliphatic imine (C=N–C) groups is 1. The Morgan fingerprint density at radius 3 is 2.54 bits per heavy atom. The number of ether oxygens (including phenoxy) is 2. The van der Waals surface area contributed by atoms with Gasteiger partial charge in [0.2, 0.25) is 11.8 Å². The topological polar surface area (TPSA) is 128 Å². The van der Waals surface area contributed by atoms with Crippen LogP contribution in [0.25, 0.3) is 5.70 Å². The van der Waals surface area contributed by atoms with Crippen molar-refractivity contribution in [3.63, 3.8) is 0 Å². The molecule has 1 aromatic heterocycles. The number of nitrogens with zero attached hydrogens (tertiary/aromatic N) is 2. The van der Waals surface area contributed by atoms with Gasteiger partial charge in [-0.25, -0.2) is 18.8 Å². The number of hydrogen-bond donors (Lipinski definition) is 3. The van der Waals surface area contributed by atoms with Gasteiger partial charge in [0, 0.05) is 24.1 Å². The number of benzene rings is 2. The van der Waals surface area contributed by atoms with Crippen LogP contribution in [0.5, 0.6) is 5.75 Å². The van der Waals surface area contributed by atoms with Crippen molar-refractivity contribution in [1.29, 1.82) is 0 Å². The van der Waals surface area contributed by atoms with Crippen molar-refractivity contribution in [2.45, 2.75) is 6.92 Å². The van der Waals surface area contributed by atoms with Crippen LogP contribution in [-0.2, 0) is 9.53 Å². The molecule has 0 unspecified atom stereocenters. The highest BCUT2D eigenvalue weighted by molar-refractivity contribution is 7.18. The Bertz CT molecular complexity index is 1340. The van der Waals surface area contributed by atoms with E-state index in [0.717, 1.165) is 17.4 Å². The van der Waals surface area contributed by atoms with Crippen LogP contribution in [-0.4, -0.2) is 36.9 Å². The molecule has 0 aliphatic heterocycles. The molecule has 35 heavy (non-hydrogen) atoms. The molecule has 182 valence electrons. The van der Waals surface area contributed by atoms with Crippen molar-refractivity contribution < 1.29 is 27.8 Å². The second-order valence-electron chi connectivity index (χ2n) is 6.98.